The van der Waals surface area contributed by atoms with Crippen LogP contribution in [-0.4, -0.2) is 76.3 Å². The Labute approximate surface area is 187 Å². The zero-order valence-corrected chi connectivity index (χ0v) is 18.4. The fourth-order valence-electron chi connectivity index (χ4n) is 4.46. The Hall–Kier alpha value is -2.81. The maximum Gasteiger partial charge on any atom is 0.227 e. The molecule has 1 amide bonds. The first-order valence-corrected chi connectivity index (χ1v) is 11.3. The van der Waals surface area contributed by atoms with Crippen LogP contribution in [-0.2, 0) is 27.2 Å². The van der Waals surface area contributed by atoms with Crippen molar-refractivity contribution in [3.8, 4) is 0 Å². The van der Waals surface area contributed by atoms with Crippen LogP contribution in [0.15, 0.2) is 42.6 Å². The average Bonchev–Trinajstić information content (AvgIpc) is 3.15. The molecule has 1 aromatic carbocycles. The van der Waals surface area contributed by atoms with Crippen molar-refractivity contribution in [3.05, 3.63) is 65.1 Å². The normalized spacial score (nSPS) is 20.0. The number of aromatic nitrogens is 3. The molecular weight excluding hydrogens is 406 g/mol. The van der Waals surface area contributed by atoms with E-state index in [-0.39, 0.29) is 12.0 Å². The first-order valence-electron chi connectivity index (χ1n) is 11.3. The topological polar surface area (TPSA) is 72.2 Å². The molecule has 0 spiro atoms. The number of amides is 1. The molecule has 32 heavy (non-hydrogen) atoms. The molecule has 4 heterocycles. The lowest BCUT2D eigenvalue weighted by Gasteiger charge is -2.33. The lowest BCUT2D eigenvalue weighted by molar-refractivity contribution is -0.138. The van der Waals surface area contributed by atoms with Gasteiger partial charge >= 0.3 is 0 Å². The van der Waals surface area contributed by atoms with Crippen molar-refractivity contribution in [1.82, 2.24) is 24.4 Å². The first kappa shape index (κ1) is 21.1. The first-order chi connectivity index (χ1) is 15.7. The number of carbonyl (C=O) groups is 1. The molecule has 8 heteroatoms. The SMILES string of the molecule is Cc1nn2c(C3CN(C(=O)Cc4ccccc4)CCO3)ccnc2c1CN1CCOCC1. The number of ether oxygens (including phenoxy) is 2. The van der Waals surface area contributed by atoms with Crippen LogP contribution in [0.5, 0.6) is 0 Å². The zero-order chi connectivity index (χ0) is 21.9. The Morgan fingerprint density at radius 3 is 2.72 bits per heavy atom. The highest BCUT2D eigenvalue weighted by Crippen LogP contribution is 2.25. The van der Waals surface area contributed by atoms with Crippen LogP contribution in [0.1, 0.15) is 28.6 Å². The lowest BCUT2D eigenvalue weighted by Crippen LogP contribution is -2.43. The van der Waals surface area contributed by atoms with Gasteiger partial charge in [0.25, 0.3) is 0 Å². The third-order valence-electron chi connectivity index (χ3n) is 6.28. The van der Waals surface area contributed by atoms with Gasteiger partial charge in [0.15, 0.2) is 5.65 Å². The van der Waals surface area contributed by atoms with Crippen LogP contribution in [0.25, 0.3) is 5.65 Å². The van der Waals surface area contributed by atoms with Gasteiger partial charge in [0, 0.05) is 37.9 Å². The minimum absolute atomic E-state index is 0.124. The van der Waals surface area contributed by atoms with Gasteiger partial charge in [-0.2, -0.15) is 5.10 Å². The van der Waals surface area contributed by atoms with Crippen molar-refractivity contribution in [2.24, 2.45) is 0 Å². The Bertz CT molecular complexity index is 1080. The molecule has 2 saturated heterocycles. The van der Waals surface area contributed by atoms with E-state index in [1.807, 2.05) is 58.9 Å². The summed E-state index contributed by atoms with van der Waals surface area (Å²) in [5, 5.41) is 4.80. The number of carbonyl (C=O) groups excluding carboxylic acids is 1. The van der Waals surface area contributed by atoms with Crippen molar-refractivity contribution in [1.29, 1.82) is 0 Å². The molecule has 5 rings (SSSR count). The molecule has 0 radical (unpaired) electrons. The number of nitrogens with zero attached hydrogens (tertiary/aromatic N) is 5. The van der Waals surface area contributed by atoms with E-state index in [9.17, 15) is 4.79 Å². The standard InChI is InChI=1S/C24H29N5O3/c1-18-20(16-27-9-12-31-13-10-27)24-25-8-7-21(29(24)26-18)22-17-28(11-14-32-22)23(30)15-19-5-3-2-4-6-19/h2-8,22H,9-17H2,1H3. The van der Waals surface area contributed by atoms with Crippen LogP contribution < -0.4 is 0 Å². The van der Waals surface area contributed by atoms with Gasteiger partial charge in [-0.05, 0) is 18.6 Å². The molecule has 0 bridgehead atoms. The van der Waals surface area contributed by atoms with E-state index in [1.165, 1.54) is 0 Å². The van der Waals surface area contributed by atoms with Crippen molar-refractivity contribution < 1.29 is 14.3 Å². The van der Waals surface area contributed by atoms with Gasteiger partial charge in [0.1, 0.15) is 6.10 Å². The van der Waals surface area contributed by atoms with E-state index in [2.05, 4.69) is 9.88 Å². The smallest absolute Gasteiger partial charge is 0.227 e. The highest BCUT2D eigenvalue weighted by atomic mass is 16.5. The highest BCUT2D eigenvalue weighted by molar-refractivity contribution is 5.78. The summed E-state index contributed by atoms with van der Waals surface area (Å²) in [7, 11) is 0. The van der Waals surface area contributed by atoms with E-state index in [1.54, 1.807) is 0 Å². The van der Waals surface area contributed by atoms with Crippen molar-refractivity contribution >= 4 is 11.6 Å². The summed E-state index contributed by atoms with van der Waals surface area (Å²) in [6, 6.07) is 11.8. The molecule has 1 atom stereocenters. The van der Waals surface area contributed by atoms with Crippen molar-refractivity contribution in [2.75, 3.05) is 46.0 Å². The maximum absolute atomic E-state index is 12.9. The van der Waals surface area contributed by atoms with Gasteiger partial charge in [-0.3, -0.25) is 9.69 Å². The average molecular weight is 436 g/mol. The minimum Gasteiger partial charge on any atom is -0.379 e. The van der Waals surface area contributed by atoms with E-state index >= 15 is 0 Å². The number of hydrogen-bond acceptors (Lipinski definition) is 6. The second-order valence-corrected chi connectivity index (χ2v) is 8.42. The monoisotopic (exact) mass is 435 g/mol. The summed E-state index contributed by atoms with van der Waals surface area (Å²) in [6.45, 7) is 7.84. The highest BCUT2D eigenvalue weighted by Gasteiger charge is 2.28. The third-order valence-corrected chi connectivity index (χ3v) is 6.28. The van der Waals surface area contributed by atoms with E-state index in [4.69, 9.17) is 14.6 Å². The number of morpholine rings is 2. The number of aryl methyl sites for hydroxylation is 1. The summed E-state index contributed by atoms with van der Waals surface area (Å²) in [4.78, 5) is 21.8. The van der Waals surface area contributed by atoms with Crippen molar-refractivity contribution in [2.45, 2.75) is 26.0 Å². The second-order valence-electron chi connectivity index (χ2n) is 8.42. The van der Waals surface area contributed by atoms with Gasteiger partial charge in [0.2, 0.25) is 5.91 Å². The van der Waals surface area contributed by atoms with Gasteiger partial charge in [0.05, 0.1) is 44.2 Å². The minimum atomic E-state index is -0.232. The van der Waals surface area contributed by atoms with Crippen LogP contribution in [0, 0.1) is 6.92 Å². The van der Waals surface area contributed by atoms with E-state index in [0.717, 1.165) is 61.0 Å². The molecule has 168 valence electrons. The molecule has 0 saturated carbocycles. The zero-order valence-electron chi connectivity index (χ0n) is 18.4. The maximum atomic E-state index is 12.9. The Morgan fingerprint density at radius 2 is 1.91 bits per heavy atom. The van der Waals surface area contributed by atoms with Gasteiger partial charge in [-0.1, -0.05) is 30.3 Å². The quantitative estimate of drug-likeness (QED) is 0.611. The molecule has 8 nitrogen and oxygen atoms in total. The van der Waals surface area contributed by atoms with Crippen molar-refractivity contribution in [3.63, 3.8) is 0 Å². The number of hydrogen-bond donors (Lipinski definition) is 0. The Balaban J connectivity index is 1.35. The summed E-state index contributed by atoms with van der Waals surface area (Å²) < 4.78 is 13.5. The van der Waals surface area contributed by atoms with Gasteiger partial charge < -0.3 is 14.4 Å². The van der Waals surface area contributed by atoms with E-state index < -0.39 is 0 Å². The lowest BCUT2D eigenvalue weighted by atomic mass is 10.1. The summed E-state index contributed by atoms with van der Waals surface area (Å²) in [5.74, 6) is 0.124. The summed E-state index contributed by atoms with van der Waals surface area (Å²) in [6.07, 6.45) is 2.00. The molecule has 2 fully saturated rings. The molecule has 3 aromatic rings. The summed E-state index contributed by atoms with van der Waals surface area (Å²) in [5.41, 5.74) is 4.94. The van der Waals surface area contributed by atoms with Gasteiger partial charge in [-0.15, -0.1) is 0 Å². The molecule has 0 aliphatic carbocycles. The molecule has 2 aliphatic heterocycles. The predicted molar refractivity (Wildman–Crippen MR) is 119 cm³/mol. The van der Waals surface area contributed by atoms with E-state index in [0.29, 0.717) is 26.1 Å². The molecule has 2 aromatic heterocycles. The van der Waals surface area contributed by atoms with Crippen LogP contribution >= 0.6 is 0 Å². The number of benzene rings is 1. The summed E-state index contributed by atoms with van der Waals surface area (Å²) >= 11 is 0. The van der Waals surface area contributed by atoms with Crippen LogP contribution in [0.4, 0.5) is 0 Å². The molecular formula is C24H29N5O3. The fraction of sp³-hybridized carbons (Fsp3) is 0.458. The fourth-order valence-corrected chi connectivity index (χ4v) is 4.46. The van der Waals surface area contributed by atoms with Crippen LogP contribution in [0.3, 0.4) is 0 Å². The molecule has 0 N–H and O–H groups in total. The van der Waals surface area contributed by atoms with Crippen LogP contribution in [0.2, 0.25) is 0 Å². The van der Waals surface area contributed by atoms with Gasteiger partial charge in [-0.25, -0.2) is 9.50 Å². The third kappa shape index (κ3) is 4.39. The largest absolute Gasteiger partial charge is 0.379 e. The number of rotatable bonds is 5. The Kier molecular flexibility index (Phi) is 6.16. The number of fused-ring (bicyclic) bond motifs is 1. The molecule has 1 unspecified atom stereocenters. The molecule has 2 aliphatic rings. The predicted octanol–water partition coefficient (Wildman–Crippen LogP) is 2.01. The second kappa shape index (κ2) is 9.36. The Morgan fingerprint density at radius 1 is 1.09 bits per heavy atom.